The number of nitrogens with zero attached hydrogens (tertiary/aromatic N) is 1. The highest BCUT2D eigenvalue weighted by Crippen LogP contribution is 2.29. The normalized spacial score (nSPS) is 20.1. The lowest BCUT2D eigenvalue weighted by Crippen LogP contribution is -2.48. The van der Waals surface area contributed by atoms with Gasteiger partial charge in [-0.3, -0.25) is 4.79 Å². The van der Waals surface area contributed by atoms with E-state index < -0.39 is 5.97 Å². The number of likely N-dealkylation sites (tertiary alicyclic amines) is 1. The van der Waals surface area contributed by atoms with Crippen molar-refractivity contribution in [2.24, 2.45) is 5.41 Å². The van der Waals surface area contributed by atoms with Gasteiger partial charge in [-0.05, 0) is 44.8 Å². The van der Waals surface area contributed by atoms with Crippen LogP contribution >= 0.6 is 0 Å². The predicted molar refractivity (Wildman–Crippen MR) is 77.7 cm³/mol. The molecule has 6 nitrogen and oxygen atoms in total. The zero-order valence-electron chi connectivity index (χ0n) is 12.7. The number of carbonyl (C=O) groups is 2. The first kappa shape index (κ1) is 16.8. The number of hydrogen-bond acceptors (Lipinski definition) is 3. The summed E-state index contributed by atoms with van der Waals surface area (Å²) in [5.41, 5.74) is 0.137. The summed E-state index contributed by atoms with van der Waals surface area (Å²) in [5, 5.41) is 14.4. The number of piperidine rings is 1. The minimum Gasteiger partial charge on any atom is -0.481 e. The Bertz CT molecular complexity index is 339. The number of rotatable bonds is 6. The van der Waals surface area contributed by atoms with Crippen molar-refractivity contribution in [3.63, 3.8) is 0 Å². The Morgan fingerprint density at radius 2 is 1.95 bits per heavy atom. The van der Waals surface area contributed by atoms with Crippen molar-refractivity contribution in [3.8, 4) is 0 Å². The molecule has 0 aromatic heterocycles. The second kappa shape index (κ2) is 7.47. The van der Waals surface area contributed by atoms with Crippen LogP contribution in [-0.2, 0) is 4.79 Å². The highest BCUT2D eigenvalue weighted by molar-refractivity contribution is 5.75. The molecule has 0 aromatic rings. The summed E-state index contributed by atoms with van der Waals surface area (Å²) < 4.78 is 0. The Morgan fingerprint density at radius 3 is 2.45 bits per heavy atom. The van der Waals surface area contributed by atoms with Gasteiger partial charge in [-0.1, -0.05) is 13.8 Å². The summed E-state index contributed by atoms with van der Waals surface area (Å²) in [4.78, 5) is 24.8. The highest BCUT2D eigenvalue weighted by atomic mass is 16.4. The third-order valence-electron chi connectivity index (χ3n) is 4.12. The van der Waals surface area contributed by atoms with Gasteiger partial charge in [-0.15, -0.1) is 0 Å². The smallest absolute Gasteiger partial charge is 0.315 e. The molecule has 1 rings (SSSR count). The van der Waals surface area contributed by atoms with E-state index in [-0.39, 0.29) is 23.9 Å². The van der Waals surface area contributed by atoms with Crippen molar-refractivity contribution in [1.82, 2.24) is 15.5 Å². The molecule has 0 saturated carbocycles. The highest BCUT2D eigenvalue weighted by Gasteiger charge is 2.29. The maximum Gasteiger partial charge on any atom is 0.315 e. The fraction of sp³-hybridized carbons (Fsp3) is 0.857. The van der Waals surface area contributed by atoms with Crippen LogP contribution in [0.5, 0.6) is 0 Å². The molecule has 0 bridgehead atoms. The van der Waals surface area contributed by atoms with Crippen LogP contribution in [0, 0.1) is 5.41 Å². The Labute approximate surface area is 120 Å². The zero-order chi connectivity index (χ0) is 15.2. The minimum absolute atomic E-state index is 0.0357. The second-order valence-corrected chi connectivity index (χ2v) is 6.14. The molecule has 116 valence electrons. The van der Waals surface area contributed by atoms with Gasteiger partial charge in [0, 0.05) is 12.6 Å². The largest absolute Gasteiger partial charge is 0.481 e. The van der Waals surface area contributed by atoms with E-state index in [0.29, 0.717) is 13.0 Å². The van der Waals surface area contributed by atoms with Crippen LogP contribution in [0.25, 0.3) is 0 Å². The van der Waals surface area contributed by atoms with Gasteiger partial charge in [0.2, 0.25) is 0 Å². The minimum atomic E-state index is -0.889. The SMILES string of the molecule is CCC(CC(=O)O)NC(=O)NCC1(C)CCN(C)CC1. The Hall–Kier alpha value is -1.30. The molecule has 0 radical (unpaired) electrons. The summed E-state index contributed by atoms with van der Waals surface area (Å²) in [6, 6.07) is -0.573. The van der Waals surface area contributed by atoms with Crippen molar-refractivity contribution in [2.75, 3.05) is 26.7 Å². The lowest BCUT2D eigenvalue weighted by Gasteiger charge is -2.38. The third kappa shape index (κ3) is 5.77. The average molecular weight is 285 g/mol. The van der Waals surface area contributed by atoms with Gasteiger partial charge in [0.15, 0.2) is 0 Å². The molecular weight excluding hydrogens is 258 g/mol. The van der Waals surface area contributed by atoms with Crippen LogP contribution in [0.4, 0.5) is 4.79 Å². The van der Waals surface area contributed by atoms with Crippen LogP contribution < -0.4 is 10.6 Å². The molecule has 0 aromatic carbocycles. The summed E-state index contributed by atoms with van der Waals surface area (Å²) in [6.07, 6.45) is 2.71. The first-order valence-corrected chi connectivity index (χ1v) is 7.29. The van der Waals surface area contributed by atoms with Crippen molar-refractivity contribution in [3.05, 3.63) is 0 Å². The van der Waals surface area contributed by atoms with Crippen LogP contribution in [0.1, 0.15) is 39.5 Å². The van der Waals surface area contributed by atoms with Crippen molar-refractivity contribution in [2.45, 2.75) is 45.6 Å². The van der Waals surface area contributed by atoms with E-state index in [1.807, 2.05) is 6.92 Å². The summed E-state index contributed by atoms with van der Waals surface area (Å²) in [6.45, 7) is 6.80. The van der Waals surface area contributed by atoms with E-state index in [1.54, 1.807) is 0 Å². The number of aliphatic carboxylic acids is 1. The van der Waals surface area contributed by atoms with E-state index in [9.17, 15) is 9.59 Å². The van der Waals surface area contributed by atoms with E-state index in [4.69, 9.17) is 5.11 Å². The standard InChI is InChI=1S/C14H27N3O3/c1-4-11(9-12(18)19)16-13(20)15-10-14(2)5-7-17(3)8-6-14/h11H,4-10H2,1-3H3,(H,18,19)(H2,15,16,20). The molecule has 1 fully saturated rings. The van der Waals surface area contributed by atoms with Crippen LogP contribution in [0.2, 0.25) is 0 Å². The van der Waals surface area contributed by atoms with Gasteiger partial charge in [-0.2, -0.15) is 0 Å². The number of urea groups is 1. The number of hydrogen-bond donors (Lipinski definition) is 3. The second-order valence-electron chi connectivity index (χ2n) is 6.14. The van der Waals surface area contributed by atoms with E-state index in [2.05, 4.69) is 29.5 Å². The predicted octanol–water partition coefficient (Wildman–Crippen LogP) is 1.27. The van der Waals surface area contributed by atoms with Crippen molar-refractivity contribution >= 4 is 12.0 Å². The van der Waals surface area contributed by atoms with Gasteiger partial charge in [0.25, 0.3) is 0 Å². The molecule has 0 spiro atoms. The van der Waals surface area contributed by atoms with Gasteiger partial charge >= 0.3 is 12.0 Å². The van der Waals surface area contributed by atoms with E-state index in [1.165, 1.54) is 0 Å². The Kier molecular flexibility index (Phi) is 6.26. The molecule has 1 heterocycles. The number of carbonyl (C=O) groups excluding carboxylic acids is 1. The van der Waals surface area contributed by atoms with Crippen LogP contribution in [0.3, 0.4) is 0 Å². The molecule has 0 aliphatic carbocycles. The quantitative estimate of drug-likeness (QED) is 0.686. The van der Waals surface area contributed by atoms with Crippen molar-refractivity contribution < 1.29 is 14.7 Å². The number of carboxylic acid groups (broad SMARTS) is 1. The van der Waals surface area contributed by atoms with Crippen LogP contribution in [-0.4, -0.2) is 54.7 Å². The maximum absolute atomic E-state index is 11.8. The van der Waals surface area contributed by atoms with E-state index >= 15 is 0 Å². The van der Waals surface area contributed by atoms with Crippen molar-refractivity contribution in [1.29, 1.82) is 0 Å². The van der Waals surface area contributed by atoms with Gasteiger partial charge in [-0.25, -0.2) is 4.79 Å². The van der Waals surface area contributed by atoms with Gasteiger partial charge in [0.05, 0.1) is 6.42 Å². The van der Waals surface area contributed by atoms with Crippen LogP contribution in [0.15, 0.2) is 0 Å². The molecule has 1 aliphatic rings. The number of amides is 2. The molecule has 3 N–H and O–H groups in total. The number of carboxylic acids is 1. The lowest BCUT2D eigenvalue weighted by molar-refractivity contribution is -0.137. The number of nitrogens with one attached hydrogen (secondary N) is 2. The fourth-order valence-corrected chi connectivity index (χ4v) is 2.37. The average Bonchev–Trinajstić information content (AvgIpc) is 2.39. The molecule has 20 heavy (non-hydrogen) atoms. The molecule has 1 aliphatic heterocycles. The lowest BCUT2D eigenvalue weighted by atomic mass is 9.80. The summed E-state index contributed by atoms with van der Waals surface area (Å²) in [7, 11) is 2.11. The molecule has 1 atom stereocenters. The first-order chi connectivity index (χ1) is 9.34. The van der Waals surface area contributed by atoms with E-state index in [0.717, 1.165) is 25.9 Å². The molecule has 6 heteroatoms. The Balaban J connectivity index is 2.33. The molecule has 1 unspecified atom stereocenters. The monoisotopic (exact) mass is 285 g/mol. The summed E-state index contributed by atoms with van der Waals surface area (Å²) >= 11 is 0. The molecular formula is C14H27N3O3. The van der Waals surface area contributed by atoms with Gasteiger partial charge < -0.3 is 20.6 Å². The first-order valence-electron chi connectivity index (χ1n) is 7.29. The van der Waals surface area contributed by atoms with Gasteiger partial charge in [0.1, 0.15) is 0 Å². The fourth-order valence-electron chi connectivity index (χ4n) is 2.37. The zero-order valence-corrected chi connectivity index (χ0v) is 12.7. The third-order valence-corrected chi connectivity index (χ3v) is 4.12. The molecule has 2 amide bonds. The maximum atomic E-state index is 11.8. The topological polar surface area (TPSA) is 81.7 Å². The molecule has 1 saturated heterocycles. The summed E-state index contributed by atoms with van der Waals surface area (Å²) in [5.74, 6) is -0.889. The Morgan fingerprint density at radius 1 is 1.35 bits per heavy atom.